The molecular formula is C39H39ClF4N8O4. The normalized spacial score (nSPS) is 21.5. The van der Waals surface area contributed by atoms with Crippen LogP contribution in [0.15, 0.2) is 53.5 Å². The van der Waals surface area contributed by atoms with Gasteiger partial charge in [0.15, 0.2) is 0 Å². The van der Waals surface area contributed by atoms with Crippen LogP contribution in [0.4, 0.5) is 23.2 Å². The topological polar surface area (TPSA) is 136 Å². The number of piperidine rings is 2. The monoisotopic (exact) mass is 794 g/mol. The quantitative estimate of drug-likeness (QED) is 0.138. The largest absolute Gasteiger partial charge is 0.433 e. The number of hydrogen-bond donors (Lipinski definition) is 2. The van der Waals surface area contributed by atoms with Gasteiger partial charge in [0.05, 0.1) is 28.3 Å². The summed E-state index contributed by atoms with van der Waals surface area (Å²) in [6.45, 7) is 2.74. The fourth-order valence-corrected chi connectivity index (χ4v) is 8.91. The number of halogens is 5. The first-order chi connectivity index (χ1) is 26.7. The van der Waals surface area contributed by atoms with E-state index in [0.29, 0.717) is 27.4 Å². The van der Waals surface area contributed by atoms with Gasteiger partial charge in [-0.25, -0.2) is 14.2 Å². The van der Waals surface area contributed by atoms with Gasteiger partial charge in [0.25, 0.3) is 5.91 Å². The number of alkyl halides is 3. The number of amides is 3. The average molecular weight is 795 g/mol. The smallest absolute Gasteiger partial charge is 0.318 e. The number of aryl methyl sites for hydroxylation is 1. The predicted octanol–water partition coefficient (Wildman–Crippen LogP) is 6.74. The number of imidazole rings is 1. The van der Waals surface area contributed by atoms with Crippen LogP contribution in [0, 0.1) is 11.7 Å². The Kier molecular flexibility index (Phi) is 9.97. The molecule has 2 saturated heterocycles. The Hall–Kier alpha value is -5.09. The number of likely N-dealkylation sites (tertiary alicyclic amines) is 1. The number of pyridine rings is 1. The van der Waals surface area contributed by atoms with Crippen molar-refractivity contribution in [2.75, 3.05) is 25.0 Å². The van der Waals surface area contributed by atoms with E-state index in [1.54, 1.807) is 17.7 Å². The molecule has 2 aromatic carbocycles. The van der Waals surface area contributed by atoms with Crippen LogP contribution in [0.1, 0.15) is 91.1 Å². The van der Waals surface area contributed by atoms with Crippen molar-refractivity contribution in [3.05, 3.63) is 86.9 Å². The molecule has 3 amide bonds. The summed E-state index contributed by atoms with van der Waals surface area (Å²) in [5, 5.41) is 10.4. The molecule has 1 saturated carbocycles. The standard InChI is InChI=1S/C39H39ClF4N8O4/c1-49-35-26(16-24(40)17-32(35)52(38(49)56)31-9-10-34(53)47-37(31)55)22-11-13-50(14-12-22)19-21-5-7-25(8-6-21)51-20-23-15-30(27(41)18-29(23)48-51)46-36(54)28-3-2-4-33(45-28)39(42,43)44/h2-4,15-18,20-22,25,31H,5-14,19H2,1H3,(H,46,54)(H,47,53,55). The number of fused-ring (bicyclic) bond motifs is 2. The van der Waals surface area contributed by atoms with Crippen LogP contribution in [-0.2, 0) is 22.8 Å². The molecule has 2 N–H and O–H groups in total. The van der Waals surface area contributed by atoms with Crippen LogP contribution in [0.3, 0.4) is 0 Å². The summed E-state index contributed by atoms with van der Waals surface area (Å²) in [4.78, 5) is 56.5. The van der Waals surface area contributed by atoms with E-state index in [-0.39, 0.29) is 42.1 Å². The van der Waals surface area contributed by atoms with Gasteiger partial charge >= 0.3 is 11.9 Å². The molecule has 1 atom stereocenters. The number of hydrogen-bond acceptors (Lipinski definition) is 7. The summed E-state index contributed by atoms with van der Waals surface area (Å²) in [6, 6.07) is 8.59. The van der Waals surface area contributed by atoms with Crippen molar-refractivity contribution in [1.82, 2.24) is 34.1 Å². The first-order valence-electron chi connectivity index (χ1n) is 18.7. The lowest BCUT2D eigenvalue weighted by Crippen LogP contribution is -2.44. The molecule has 8 rings (SSSR count). The molecule has 3 aromatic heterocycles. The third-order valence-electron chi connectivity index (χ3n) is 11.6. The van der Waals surface area contributed by atoms with Crippen LogP contribution in [0.25, 0.3) is 21.9 Å². The summed E-state index contributed by atoms with van der Waals surface area (Å²) in [7, 11) is 1.71. The predicted molar refractivity (Wildman–Crippen MR) is 200 cm³/mol. The van der Waals surface area contributed by atoms with E-state index >= 15 is 4.39 Å². The highest BCUT2D eigenvalue weighted by molar-refractivity contribution is 6.31. The van der Waals surface area contributed by atoms with E-state index in [4.69, 9.17) is 11.6 Å². The van der Waals surface area contributed by atoms with E-state index in [9.17, 15) is 32.3 Å². The average Bonchev–Trinajstić information content (AvgIpc) is 3.68. The van der Waals surface area contributed by atoms with Crippen LogP contribution in [-0.4, -0.2) is 66.2 Å². The molecule has 5 aromatic rings. The first kappa shape index (κ1) is 37.8. The van der Waals surface area contributed by atoms with Gasteiger partial charge in [-0.1, -0.05) is 17.7 Å². The van der Waals surface area contributed by atoms with Crippen LogP contribution in [0.5, 0.6) is 0 Å². The molecule has 3 aliphatic rings. The molecule has 56 heavy (non-hydrogen) atoms. The molecule has 0 radical (unpaired) electrons. The number of carbonyl (C=O) groups excluding carboxylic acids is 3. The van der Waals surface area contributed by atoms with E-state index in [1.807, 2.05) is 16.9 Å². The summed E-state index contributed by atoms with van der Waals surface area (Å²) in [5.74, 6) is -1.87. The van der Waals surface area contributed by atoms with Gasteiger partial charge in [-0.3, -0.25) is 33.5 Å². The molecule has 17 heteroatoms. The maximum absolute atomic E-state index is 15.0. The summed E-state index contributed by atoms with van der Waals surface area (Å²) < 4.78 is 59.2. The fourth-order valence-electron chi connectivity index (χ4n) is 8.69. The minimum absolute atomic E-state index is 0.115. The van der Waals surface area contributed by atoms with Crippen molar-refractivity contribution in [2.45, 2.75) is 75.5 Å². The Labute approximate surface area is 322 Å². The number of nitrogens with zero attached hydrogens (tertiary/aromatic N) is 6. The van der Waals surface area contributed by atoms with Gasteiger partial charge in [0.2, 0.25) is 11.8 Å². The molecule has 1 unspecified atom stereocenters. The second-order valence-corrected chi connectivity index (χ2v) is 15.6. The lowest BCUT2D eigenvalue weighted by molar-refractivity contribution is -0.141. The molecular weight excluding hydrogens is 756 g/mol. The second kappa shape index (κ2) is 14.8. The van der Waals surface area contributed by atoms with Crippen molar-refractivity contribution >= 4 is 56.9 Å². The SMILES string of the molecule is Cn1c(=O)n(C2CCC(=O)NC2=O)c2cc(Cl)cc(C3CCN(CC4CCC(n5cc6cc(NC(=O)c7cccc(C(F)(F)F)n7)c(F)cc6n5)CC4)CC3)c21. The Morgan fingerprint density at radius 3 is 2.46 bits per heavy atom. The molecule has 3 fully saturated rings. The summed E-state index contributed by atoms with van der Waals surface area (Å²) in [5.41, 5.74) is 0.582. The minimum Gasteiger partial charge on any atom is -0.318 e. The van der Waals surface area contributed by atoms with Crippen molar-refractivity contribution in [3.63, 3.8) is 0 Å². The number of nitrogens with one attached hydrogen (secondary N) is 2. The number of anilines is 1. The maximum Gasteiger partial charge on any atom is 0.433 e. The van der Waals surface area contributed by atoms with Crippen molar-refractivity contribution < 1.29 is 31.9 Å². The van der Waals surface area contributed by atoms with E-state index in [2.05, 4.69) is 25.6 Å². The lowest BCUT2D eigenvalue weighted by atomic mass is 9.84. The third kappa shape index (κ3) is 7.31. The van der Waals surface area contributed by atoms with Crippen LogP contribution < -0.4 is 16.3 Å². The van der Waals surface area contributed by atoms with Gasteiger partial charge < -0.3 is 10.2 Å². The second-order valence-electron chi connectivity index (χ2n) is 15.2. The molecule has 2 aliphatic heterocycles. The van der Waals surface area contributed by atoms with E-state index in [0.717, 1.165) is 87.4 Å². The highest BCUT2D eigenvalue weighted by Gasteiger charge is 2.35. The Morgan fingerprint density at radius 1 is 1.00 bits per heavy atom. The van der Waals surface area contributed by atoms with Crippen molar-refractivity contribution in [1.29, 1.82) is 0 Å². The third-order valence-corrected chi connectivity index (χ3v) is 11.8. The Morgan fingerprint density at radius 2 is 1.75 bits per heavy atom. The zero-order chi connectivity index (χ0) is 39.5. The zero-order valence-electron chi connectivity index (χ0n) is 30.4. The number of carbonyl (C=O) groups is 3. The van der Waals surface area contributed by atoms with Crippen LogP contribution in [0.2, 0.25) is 5.02 Å². The van der Waals surface area contributed by atoms with Crippen LogP contribution >= 0.6 is 11.6 Å². The van der Waals surface area contributed by atoms with E-state index < -0.39 is 41.2 Å². The molecule has 0 spiro atoms. The molecule has 1 aliphatic carbocycles. The Bertz CT molecular complexity index is 2430. The number of aromatic nitrogens is 5. The zero-order valence-corrected chi connectivity index (χ0v) is 31.2. The number of imide groups is 1. The lowest BCUT2D eigenvalue weighted by Gasteiger charge is -2.37. The van der Waals surface area contributed by atoms with E-state index in [1.165, 1.54) is 16.7 Å². The maximum atomic E-state index is 15.0. The fraction of sp³-hybridized carbons (Fsp3) is 0.436. The van der Waals surface area contributed by atoms with Gasteiger partial charge in [-0.2, -0.15) is 18.3 Å². The van der Waals surface area contributed by atoms with Crippen molar-refractivity contribution in [2.24, 2.45) is 13.0 Å². The number of benzene rings is 2. The molecule has 12 nitrogen and oxygen atoms in total. The van der Waals surface area contributed by atoms with Gasteiger partial charge in [-0.05, 0) is 106 Å². The van der Waals surface area contributed by atoms with Gasteiger partial charge in [0.1, 0.15) is 23.2 Å². The molecule has 0 bridgehead atoms. The highest BCUT2D eigenvalue weighted by Crippen LogP contribution is 2.38. The van der Waals surface area contributed by atoms with Gasteiger partial charge in [0, 0.05) is 42.7 Å². The highest BCUT2D eigenvalue weighted by atomic mass is 35.5. The summed E-state index contributed by atoms with van der Waals surface area (Å²) in [6.07, 6.45) is 3.04. The van der Waals surface area contributed by atoms with Gasteiger partial charge in [-0.15, -0.1) is 0 Å². The Balaban J connectivity index is 0.878. The molecule has 294 valence electrons. The van der Waals surface area contributed by atoms with Crippen molar-refractivity contribution in [3.8, 4) is 0 Å². The number of rotatable bonds is 7. The first-order valence-corrected chi connectivity index (χ1v) is 19.1. The molecule has 5 heterocycles. The minimum atomic E-state index is -4.72. The summed E-state index contributed by atoms with van der Waals surface area (Å²) >= 11 is 6.62.